The summed E-state index contributed by atoms with van der Waals surface area (Å²) in [5.41, 5.74) is 5.68. The molecular formula is C23H23N2O3+. The van der Waals surface area contributed by atoms with E-state index in [1.807, 2.05) is 43.5 Å². The van der Waals surface area contributed by atoms with Gasteiger partial charge in [-0.1, -0.05) is 12.1 Å². The third-order valence-electron chi connectivity index (χ3n) is 5.83. The van der Waals surface area contributed by atoms with E-state index in [1.54, 1.807) is 0 Å². The lowest BCUT2D eigenvalue weighted by Gasteiger charge is -2.21. The second-order valence-corrected chi connectivity index (χ2v) is 7.62. The van der Waals surface area contributed by atoms with Gasteiger partial charge in [0.25, 0.3) is 0 Å². The molecule has 5 nitrogen and oxygen atoms in total. The quantitative estimate of drug-likeness (QED) is 0.653. The van der Waals surface area contributed by atoms with E-state index in [9.17, 15) is 4.79 Å². The number of nitrogens with zero attached hydrogens (tertiary/aromatic N) is 1. The minimum absolute atomic E-state index is 0.0424. The van der Waals surface area contributed by atoms with Gasteiger partial charge in [-0.15, -0.1) is 0 Å². The maximum atomic E-state index is 13.5. The maximum Gasteiger partial charge on any atom is 0.231 e. The fourth-order valence-corrected chi connectivity index (χ4v) is 4.11. The standard InChI is InChI=1S/C23H22N2O3/c1-14-5-6-16(9-15(14)2)23(26)18-12-24-19-11-21-20(27-13-28-21)10-17(19)22(18)25-7-3-4-8-25/h5-6,9-12H,3-4,7-8,13H2,1-2H3/p+1. The van der Waals surface area contributed by atoms with Crippen molar-refractivity contribution < 1.29 is 19.3 Å². The van der Waals surface area contributed by atoms with Gasteiger partial charge in [0, 0.05) is 24.7 Å². The van der Waals surface area contributed by atoms with Gasteiger partial charge in [0.2, 0.25) is 18.1 Å². The molecule has 0 saturated carbocycles. The summed E-state index contributed by atoms with van der Waals surface area (Å²) < 4.78 is 11.1. The molecule has 2 aliphatic rings. The van der Waals surface area contributed by atoms with Crippen LogP contribution in [0.4, 0.5) is 5.69 Å². The molecule has 1 saturated heterocycles. The van der Waals surface area contributed by atoms with Crippen molar-refractivity contribution >= 4 is 22.4 Å². The van der Waals surface area contributed by atoms with Gasteiger partial charge in [-0.05, 0) is 43.9 Å². The SMILES string of the molecule is Cc1ccc(C(=O)c2c[nH+]c3cc4c(cc3c2N2CCCC2)OCO4)cc1C. The normalized spacial score (nSPS) is 15.4. The summed E-state index contributed by atoms with van der Waals surface area (Å²) in [6.45, 7) is 6.26. The van der Waals surface area contributed by atoms with Gasteiger partial charge in [0.1, 0.15) is 5.56 Å². The highest BCUT2D eigenvalue weighted by Gasteiger charge is 2.28. The molecule has 0 radical (unpaired) electrons. The number of ketones is 1. The molecule has 0 aliphatic carbocycles. The minimum Gasteiger partial charge on any atom is -0.454 e. The molecule has 1 aromatic heterocycles. The molecule has 2 aromatic carbocycles. The first-order chi connectivity index (χ1) is 13.6. The number of rotatable bonds is 3. The summed E-state index contributed by atoms with van der Waals surface area (Å²) in [5.74, 6) is 1.52. The summed E-state index contributed by atoms with van der Waals surface area (Å²) in [6, 6.07) is 9.87. The predicted molar refractivity (Wildman–Crippen MR) is 107 cm³/mol. The molecule has 5 rings (SSSR count). The smallest absolute Gasteiger partial charge is 0.231 e. The van der Waals surface area contributed by atoms with Gasteiger partial charge < -0.3 is 14.4 Å². The van der Waals surface area contributed by atoms with Gasteiger partial charge in [-0.25, -0.2) is 4.98 Å². The van der Waals surface area contributed by atoms with Gasteiger partial charge >= 0.3 is 0 Å². The summed E-state index contributed by atoms with van der Waals surface area (Å²) in [6.07, 6.45) is 4.12. The molecule has 0 bridgehead atoms. The number of anilines is 1. The van der Waals surface area contributed by atoms with Crippen LogP contribution in [-0.2, 0) is 0 Å². The number of carbonyl (C=O) groups is 1. The molecule has 0 atom stereocenters. The number of aromatic amines is 1. The Labute approximate surface area is 163 Å². The average molecular weight is 375 g/mol. The first-order valence-corrected chi connectivity index (χ1v) is 9.77. The number of nitrogens with one attached hydrogen (secondary N) is 1. The Morgan fingerprint density at radius 2 is 1.75 bits per heavy atom. The van der Waals surface area contributed by atoms with Crippen LogP contribution < -0.4 is 19.4 Å². The highest BCUT2D eigenvalue weighted by atomic mass is 16.7. The van der Waals surface area contributed by atoms with Crippen LogP contribution in [0.3, 0.4) is 0 Å². The number of H-pyrrole nitrogens is 1. The minimum atomic E-state index is 0.0424. The molecule has 28 heavy (non-hydrogen) atoms. The van der Waals surface area contributed by atoms with Crippen molar-refractivity contribution in [2.75, 3.05) is 24.8 Å². The molecule has 142 valence electrons. The van der Waals surface area contributed by atoms with Crippen LogP contribution in [0.1, 0.15) is 39.9 Å². The monoisotopic (exact) mass is 375 g/mol. The van der Waals surface area contributed by atoms with Crippen molar-refractivity contribution in [2.24, 2.45) is 0 Å². The lowest BCUT2D eigenvalue weighted by atomic mass is 9.97. The van der Waals surface area contributed by atoms with Crippen LogP contribution in [0.2, 0.25) is 0 Å². The van der Waals surface area contributed by atoms with Gasteiger partial charge in [-0.3, -0.25) is 4.79 Å². The number of aromatic nitrogens is 1. The third-order valence-corrected chi connectivity index (χ3v) is 5.83. The van der Waals surface area contributed by atoms with Crippen molar-refractivity contribution in [3.8, 4) is 11.5 Å². The third kappa shape index (κ3) is 2.70. The number of hydrogen-bond acceptors (Lipinski definition) is 4. The van der Waals surface area contributed by atoms with Crippen LogP contribution in [0.15, 0.2) is 36.5 Å². The van der Waals surface area contributed by atoms with E-state index in [2.05, 4.69) is 16.8 Å². The number of pyridine rings is 1. The Balaban J connectivity index is 1.71. The van der Waals surface area contributed by atoms with E-state index < -0.39 is 0 Å². The summed E-state index contributed by atoms with van der Waals surface area (Å²) >= 11 is 0. The van der Waals surface area contributed by atoms with E-state index in [-0.39, 0.29) is 12.6 Å². The number of benzene rings is 2. The van der Waals surface area contributed by atoms with Crippen molar-refractivity contribution in [3.05, 3.63) is 58.8 Å². The molecule has 0 spiro atoms. The molecule has 2 aliphatic heterocycles. The average Bonchev–Trinajstić information content (AvgIpc) is 3.38. The van der Waals surface area contributed by atoms with Gasteiger partial charge in [0.05, 0.1) is 17.1 Å². The number of fused-ring (bicyclic) bond motifs is 2. The Bertz CT molecular complexity index is 1100. The Hall–Kier alpha value is -3.08. The maximum absolute atomic E-state index is 13.5. The molecule has 3 aromatic rings. The Morgan fingerprint density at radius 3 is 2.50 bits per heavy atom. The molecule has 1 N–H and O–H groups in total. The van der Waals surface area contributed by atoms with E-state index in [0.29, 0.717) is 5.56 Å². The van der Waals surface area contributed by atoms with Crippen LogP contribution in [0, 0.1) is 13.8 Å². The zero-order valence-electron chi connectivity index (χ0n) is 16.2. The largest absolute Gasteiger partial charge is 0.454 e. The van der Waals surface area contributed by atoms with Crippen molar-refractivity contribution in [3.63, 3.8) is 0 Å². The highest BCUT2D eigenvalue weighted by molar-refractivity contribution is 6.15. The fraction of sp³-hybridized carbons (Fsp3) is 0.304. The second kappa shape index (κ2) is 6.51. The number of aryl methyl sites for hydroxylation is 2. The molecule has 0 amide bonds. The topological polar surface area (TPSA) is 52.9 Å². The predicted octanol–water partition coefficient (Wildman–Crippen LogP) is 3.83. The fourth-order valence-electron chi connectivity index (χ4n) is 4.11. The zero-order valence-corrected chi connectivity index (χ0v) is 16.2. The highest BCUT2D eigenvalue weighted by Crippen LogP contribution is 2.40. The van der Waals surface area contributed by atoms with E-state index in [0.717, 1.165) is 65.1 Å². The van der Waals surface area contributed by atoms with Crippen molar-refractivity contribution in [2.45, 2.75) is 26.7 Å². The summed E-state index contributed by atoms with van der Waals surface area (Å²) in [4.78, 5) is 19.1. The molecule has 1 fully saturated rings. The van der Waals surface area contributed by atoms with E-state index in [4.69, 9.17) is 9.47 Å². The molecule has 3 heterocycles. The first-order valence-electron chi connectivity index (χ1n) is 9.77. The summed E-state index contributed by atoms with van der Waals surface area (Å²) in [5, 5.41) is 1.00. The van der Waals surface area contributed by atoms with Crippen LogP contribution in [0.5, 0.6) is 11.5 Å². The van der Waals surface area contributed by atoms with Crippen molar-refractivity contribution in [1.82, 2.24) is 0 Å². The van der Waals surface area contributed by atoms with Crippen LogP contribution in [0.25, 0.3) is 10.9 Å². The first kappa shape index (κ1) is 17.0. The molecule has 0 unspecified atom stereocenters. The number of hydrogen-bond donors (Lipinski definition) is 0. The van der Waals surface area contributed by atoms with E-state index >= 15 is 0 Å². The summed E-state index contributed by atoms with van der Waals surface area (Å²) in [7, 11) is 0. The number of ether oxygens (including phenoxy) is 2. The van der Waals surface area contributed by atoms with E-state index in [1.165, 1.54) is 5.56 Å². The van der Waals surface area contributed by atoms with Crippen LogP contribution in [-0.4, -0.2) is 25.7 Å². The lowest BCUT2D eigenvalue weighted by Crippen LogP contribution is -2.24. The Morgan fingerprint density at radius 1 is 1.00 bits per heavy atom. The van der Waals surface area contributed by atoms with Gasteiger partial charge in [0.15, 0.2) is 17.7 Å². The Kier molecular flexibility index (Phi) is 3.97. The van der Waals surface area contributed by atoms with Crippen molar-refractivity contribution in [1.29, 1.82) is 0 Å². The second-order valence-electron chi connectivity index (χ2n) is 7.62. The zero-order chi connectivity index (χ0) is 19.3. The molecular weight excluding hydrogens is 352 g/mol. The van der Waals surface area contributed by atoms with Gasteiger partial charge in [-0.2, -0.15) is 0 Å². The number of carbonyl (C=O) groups excluding carboxylic acids is 1. The van der Waals surface area contributed by atoms with Crippen LogP contribution >= 0.6 is 0 Å². The lowest BCUT2D eigenvalue weighted by molar-refractivity contribution is -0.344. The molecule has 5 heteroatoms.